The summed E-state index contributed by atoms with van der Waals surface area (Å²) < 4.78 is 12.2. The van der Waals surface area contributed by atoms with Crippen molar-refractivity contribution in [2.45, 2.75) is 45.8 Å². The fraction of sp³-hybridized carbons (Fsp3) is 0.483. The van der Waals surface area contributed by atoms with E-state index in [-0.39, 0.29) is 36.7 Å². The normalized spacial score (nSPS) is 23.6. The summed E-state index contributed by atoms with van der Waals surface area (Å²) in [5, 5.41) is 23.7. The molecule has 0 radical (unpaired) electrons. The van der Waals surface area contributed by atoms with E-state index >= 15 is 0 Å². The molecular weight excluding hydrogens is 456 g/mol. The van der Waals surface area contributed by atoms with Gasteiger partial charge in [-0.2, -0.15) is 0 Å². The Morgan fingerprint density at radius 2 is 1.54 bits per heavy atom. The lowest BCUT2D eigenvalue weighted by molar-refractivity contribution is -0.154. The van der Waals surface area contributed by atoms with Crippen LogP contribution in [0, 0.1) is 23.7 Å². The molecule has 2 aromatic carbocycles. The van der Waals surface area contributed by atoms with Crippen molar-refractivity contribution in [2.24, 2.45) is 23.7 Å². The van der Waals surface area contributed by atoms with Gasteiger partial charge in [0.1, 0.15) is 0 Å². The number of benzene rings is 2. The minimum atomic E-state index is -2.81. The number of ether oxygens (including phenoxy) is 1. The zero-order chi connectivity index (χ0) is 25.6. The smallest absolute Gasteiger partial charge is 0.309 e. The second kappa shape index (κ2) is 11.7. The minimum absolute atomic E-state index is 0.0766. The maximum absolute atomic E-state index is 12.7. The Balaban J connectivity index is 1.95. The van der Waals surface area contributed by atoms with Crippen LogP contribution in [0.1, 0.15) is 34.6 Å². The summed E-state index contributed by atoms with van der Waals surface area (Å²) in [6.45, 7) is 10.5. The van der Waals surface area contributed by atoms with Gasteiger partial charge in [-0.25, -0.2) is 0 Å². The van der Waals surface area contributed by atoms with Crippen LogP contribution in [0.3, 0.4) is 0 Å². The first-order chi connectivity index (χ1) is 16.7. The highest BCUT2D eigenvalue weighted by atomic mass is 28.4. The third-order valence-corrected chi connectivity index (χ3v) is 12.3. The molecular formula is C29H40O5Si. The molecule has 0 aromatic heterocycles. The molecule has 0 saturated heterocycles. The molecule has 0 bridgehead atoms. The van der Waals surface area contributed by atoms with Crippen LogP contribution in [0.2, 0.25) is 5.04 Å². The number of aliphatic hydroxyl groups excluding tert-OH is 2. The van der Waals surface area contributed by atoms with Gasteiger partial charge in [-0.05, 0) is 28.3 Å². The first-order valence-electron chi connectivity index (χ1n) is 12.6. The molecule has 35 heavy (non-hydrogen) atoms. The van der Waals surface area contributed by atoms with E-state index in [1.165, 1.54) is 0 Å². The van der Waals surface area contributed by atoms with Gasteiger partial charge in [0.15, 0.2) is 0 Å². The maximum atomic E-state index is 12.7. The van der Waals surface area contributed by atoms with E-state index in [1.54, 1.807) is 6.92 Å². The summed E-state index contributed by atoms with van der Waals surface area (Å²) in [5.41, 5.74) is 0. The number of rotatable bonds is 9. The van der Waals surface area contributed by atoms with E-state index < -0.39 is 32.2 Å². The number of carbonyl (C=O) groups is 1. The molecule has 190 valence electrons. The van der Waals surface area contributed by atoms with Crippen molar-refractivity contribution >= 4 is 24.7 Å². The summed E-state index contributed by atoms with van der Waals surface area (Å²) in [7, 11) is -2.81. The number of allylic oxidation sites excluding steroid dienone is 1. The SMILES string of the molecule is CCOC(=O)[C@H]1[C@H](CO)[C@H]([C@H](O)CO[Si](c2ccccc2)(c2ccccc2)C(C)(C)C)C=C[C@H]1C. The van der Waals surface area contributed by atoms with Gasteiger partial charge < -0.3 is 19.4 Å². The van der Waals surface area contributed by atoms with Gasteiger partial charge in [0.05, 0.1) is 25.2 Å². The lowest BCUT2D eigenvalue weighted by Crippen LogP contribution is -2.67. The zero-order valence-electron chi connectivity index (χ0n) is 21.6. The topological polar surface area (TPSA) is 76.0 Å². The Bertz CT molecular complexity index is 930. The summed E-state index contributed by atoms with van der Waals surface area (Å²) in [6, 6.07) is 20.6. The van der Waals surface area contributed by atoms with Gasteiger partial charge in [0.2, 0.25) is 0 Å². The summed E-state index contributed by atoms with van der Waals surface area (Å²) in [6.07, 6.45) is 3.00. The fourth-order valence-electron chi connectivity index (χ4n) is 5.56. The molecule has 3 rings (SSSR count). The molecule has 6 heteroatoms. The molecule has 1 aliphatic carbocycles. The number of hydrogen-bond donors (Lipinski definition) is 2. The van der Waals surface area contributed by atoms with Crippen molar-refractivity contribution in [3.05, 3.63) is 72.8 Å². The van der Waals surface area contributed by atoms with Crippen LogP contribution < -0.4 is 10.4 Å². The molecule has 0 spiro atoms. The zero-order valence-corrected chi connectivity index (χ0v) is 22.6. The number of aliphatic hydroxyl groups is 2. The number of carbonyl (C=O) groups excluding carboxylic acids is 1. The standard InChI is InChI=1S/C29H40O5Si/c1-6-33-28(32)27-21(2)17-18-24(25(27)19-30)26(31)20-34-35(29(3,4)5,22-13-9-7-10-14-22)23-15-11-8-12-16-23/h7-18,21,24-27,30-31H,6,19-20H2,1-5H3/t21-,24-,25-,26-,27-/m1/s1. The molecule has 5 nitrogen and oxygen atoms in total. The van der Waals surface area contributed by atoms with Crippen LogP contribution >= 0.6 is 0 Å². The van der Waals surface area contributed by atoms with Crippen molar-refractivity contribution in [3.8, 4) is 0 Å². The van der Waals surface area contributed by atoms with E-state index in [4.69, 9.17) is 9.16 Å². The average Bonchev–Trinajstić information content (AvgIpc) is 2.84. The van der Waals surface area contributed by atoms with Gasteiger partial charge in [0, 0.05) is 18.4 Å². The molecule has 0 fully saturated rings. The Morgan fingerprint density at radius 1 is 1.00 bits per heavy atom. The van der Waals surface area contributed by atoms with Crippen molar-refractivity contribution in [3.63, 3.8) is 0 Å². The second-order valence-corrected chi connectivity index (χ2v) is 14.8. The fourth-order valence-corrected chi connectivity index (χ4v) is 10.1. The van der Waals surface area contributed by atoms with Crippen molar-refractivity contribution in [1.29, 1.82) is 0 Å². The third kappa shape index (κ3) is 5.61. The highest BCUT2D eigenvalue weighted by molar-refractivity contribution is 6.99. The Hall–Kier alpha value is -2.25. The molecule has 0 saturated carbocycles. The van der Waals surface area contributed by atoms with E-state index in [1.807, 2.05) is 55.5 Å². The third-order valence-electron chi connectivity index (χ3n) is 7.26. The van der Waals surface area contributed by atoms with Crippen LogP contribution in [0.4, 0.5) is 0 Å². The van der Waals surface area contributed by atoms with Gasteiger partial charge in [-0.3, -0.25) is 4.79 Å². The highest BCUT2D eigenvalue weighted by Gasteiger charge is 2.51. The predicted molar refractivity (Wildman–Crippen MR) is 142 cm³/mol. The summed E-state index contributed by atoms with van der Waals surface area (Å²) >= 11 is 0. The van der Waals surface area contributed by atoms with E-state index in [0.717, 1.165) is 10.4 Å². The second-order valence-electron chi connectivity index (χ2n) is 10.5. The molecule has 1 aliphatic rings. The van der Waals surface area contributed by atoms with Crippen LogP contribution in [0.25, 0.3) is 0 Å². The lowest BCUT2D eigenvalue weighted by Gasteiger charge is -2.44. The molecule has 2 aromatic rings. The minimum Gasteiger partial charge on any atom is -0.466 e. The molecule has 0 amide bonds. The monoisotopic (exact) mass is 496 g/mol. The number of hydrogen-bond acceptors (Lipinski definition) is 5. The molecule has 5 atom stereocenters. The van der Waals surface area contributed by atoms with Gasteiger partial charge in [0.25, 0.3) is 8.32 Å². The van der Waals surface area contributed by atoms with Gasteiger partial charge >= 0.3 is 5.97 Å². The summed E-state index contributed by atoms with van der Waals surface area (Å²) in [5.74, 6) is -1.76. The Morgan fingerprint density at radius 3 is 2.00 bits per heavy atom. The average molecular weight is 497 g/mol. The lowest BCUT2D eigenvalue weighted by atomic mass is 9.69. The van der Waals surface area contributed by atoms with Crippen molar-refractivity contribution < 1.29 is 24.2 Å². The van der Waals surface area contributed by atoms with Gasteiger partial charge in [-0.15, -0.1) is 0 Å². The van der Waals surface area contributed by atoms with Crippen LogP contribution in [0.15, 0.2) is 72.8 Å². The largest absolute Gasteiger partial charge is 0.466 e. The quantitative estimate of drug-likeness (QED) is 0.316. The van der Waals surface area contributed by atoms with Gasteiger partial charge in [-0.1, -0.05) is 101 Å². The summed E-state index contributed by atoms with van der Waals surface area (Å²) in [4.78, 5) is 12.7. The van der Waals surface area contributed by atoms with Crippen molar-refractivity contribution in [1.82, 2.24) is 0 Å². The molecule has 0 aliphatic heterocycles. The van der Waals surface area contributed by atoms with E-state index in [2.05, 4.69) is 45.0 Å². The predicted octanol–water partition coefficient (Wildman–Crippen LogP) is 3.53. The number of esters is 1. The van der Waals surface area contributed by atoms with Crippen LogP contribution in [-0.2, 0) is 14.0 Å². The molecule has 2 N–H and O–H groups in total. The van der Waals surface area contributed by atoms with Crippen LogP contribution in [-0.4, -0.2) is 50.4 Å². The molecule has 0 heterocycles. The highest BCUT2D eigenvalue weighted by Crippen LogP contribution is 2.39. The maximum Gasteiger partial charge on any atom is 0.309 e. The first kappa shape index (κ1) is 27.3. The first-order valence-corrected chi connectivity index (χ1v) is 14.5. The van der Waals surface area contributed by atoms with E-state index in [9.17, 15) is 15.0 Å². The van der Waals surface area contributed by atoms with Crippen molar-refractivity contribution in [2.75, 3.05) is 19.8 Å². The van der Waals surface area contributed by atoms with Crippen LogP contribution in [0.5, 0.6) is 0 Å². The Labute approximate surface area is 210 Å². The molecule has 0 unspecified atom stereocenters. The Kier molecular flexibility index (Phi) is 9.10. The van der Waals surface area contributed by atoms with E-state index in [0.29, 0.717) is 0 Å².